The topological polar surface area (TPSA) is 349 Å². The highest BCUT2D eigenvalue weighted by Crippen LogP contribution is 2.32. The van der Waals surface area contributed by atoms with Gasteiger partial charge in [0.2, 0.25) is 0 Å². The molecule has 0 spiro atoms. The largest absolute Gasteiger partial charge is 0.479 e. The smallest absolute Gasteiger partial charge is 0.335 e. The third kappa shape index (κ3) is 6.84. The van der Waals surface area contributed by atoms with Crippen LogP contribution >= 0.6 is 0 Å². The summed E-state index contributed by atoms with van der Waals surface area (Å²) in [5.41, 5.74) is 0. The number of aliphatic hydroxyl groups is 8. The van der Waals surface area contributed by atoms with Crippen LogP contribution in [0.15, 0.2) is 0 Å². The van der Waals surface area contributed by atoms with Crippen LogP contribution in [0.2, 0.25) is 0 Å². The molecule has 0 bridgehead atoms. The van der Waals surface area contributed by atoms with E-state index in [1.54, 1.807) is 0 Å². The lowest BCUT2D eigenvalue weighted by Crippen LogP contribution is -2.69. The Balaban J connectivity index is 1.91. The summed E-state index contributed by atoms with van der Waals surface area (Å²) in [7, 11) is -5.24. The van der Waals surface area contributed by atoms with Crippen molar-refractivity contribution >= 4 is 22.2 Å². The van der Waals surface area contributed by atoms with Crippen molar-refractivity contribution in [2.24, 2.45) is 0 Å². The van der Waals surface area contributed by atoms with Gasteiger partial charge in [-0.2, -0.15) is 13.1 Å². The summed E-state index contributed by atoms with van der Waals surface area (Å²) in [6, 6.07) is -2.18. The first-order valence-corrected chi connectivity index (χ1v) is 12.8. The Morgan fingerprint density at radius 3 is 1.80 bits per heavy atom. The number of aliphatic carboxylic acids is 2. The SMILES string of the molecule is O=C(O)[C@H]1O[C@@H](O[C@H]2[C@H](O)[C@@H](NS(=O)(=O)O)[C@@H](O[C@H]3[C@H](O)[C@@H](O)[C@H](O)O[C@@H]3C(=O)O)O[C@@H]2CO)[C@H](O)[C@@H](O)[C@@H]1O. The number of carboxylic acids is 2. The van der Waals surface area contributed by atoms with Crippen molar-refractivity contribution in [3.63, 3.8) is 0 Å². The Labute approximate surface area is 223 Å². The molecule has 3 saturated heterocycles. The van der Waals surface area contributed by atoms with Gasteiger partial charge in [-0.1, -0.05) is 0 Å². The van der Waals surface area contributed by atoms with Gasteiger partial charge in [-0.25, -0.2) is 9.59 Å². The maximum Gasteiger partial charge on any atom is 0.335 e. The molecule has 3 aliphatic rings. The van der Waals surface area contributed by atoms with E-state index in [0.29, 0.717) is 0 Å². The predicted octanol–water partition coefficient (Wildman–Crippen LogP) is -7.99. The highest BCUT2D eigenvalue weighted by molar-refractivity contribution is 7.83. The van der Waals surface area contributed by atoms with E-state index in [0.717, 1.165) is 0 Å². The molecule has 0 aromatic rings. The summed E-state index contributed by atoms with van der Waals surface area (Å²) < 4.78 is 59.6. The summed E-state index contributed by atoms with van der Waals surface area (Å²) in [5, 5.41) is 99.1. The second-order valence-corrected chi connectivity index (χ2v) is 10.2. The quantitative estimate of drug-likeness (QED) is 0.108. The Bertz CT molecular complexity index is 1010. The molecule has 0 amide bonds. The van der Waals surface area contributed by atoms with Gasteiger partial charge in [-0.3, -0.25) is 4.55 Å². The lowest BCUT2D eigenvalue weighted by atomic mass is 9.95. The van der Waals surface area contributed by atoms with Crippen LogP contribution in [-0.4, -0.2) is 175 Å². The monoisotopic (exact) mass is 611 g/mol. The number of carbonyl (C=O) groups is 2. The Morgan fingerprint density at radius 2 is 1.27 bits per heavy atom. The molecule has 40 heavy (non-hydrogen) atoms. The van der Waals surface area contributed by atoms with Crippen molar-refractivity contribution in [2.75, 3.05) is 6.61 Å². The normalized spacial score (nSPS) is 46.6. The molecular formula is C18H29NO20S. The lowest BCUT2D eigenvalue weighted by molar-refractivity contribution is -0.359. The number of ether oxygens (including phenoxy) is 5. The Hall–Kier alpha value is -1.71. The van der Waals surface area contributed by atoms with Gasteiger partial charge in [0.15, 0.2) is 31.1 Å². The molecule has 232 valence electrons. The molecule has 3 fully saturated rings. The number of carboxylic acid groups (broad SMARTS) is 2. The summed E-state index contributed by atoms with van der Waals surface area (Å²) >= 11 is 0. The van der Waals surface area contributed by atoms with Crippen molar-refractivity contribution in [1.29, 1.82) is 0 Å². The van der Waals surface area contributed by atoms with Gasteiger partial charge in [-0.15, -0.1) is 0 Å². The molecule has 3 rings (SSSR count). The van der Waals surface area contributed by atoms with Crippen LogP contribution < -0.4 is 4.72 Å². The van der Waals surface area contributed by atoms with Crippen molar-refractivity contribution in [2.45, 2.75) is 92.1 Å². The van der Waals surface area contributed by atoms with Crippen molar-refractivity contribution in [3.05, 3.63) is 0 Å². The minimum absolute atomic E-state index is 1.09. The van der Waals surface area contributed by atoms with E-state index in [4.69, 9.17) is 18.9 Å². The standard InChI is InChI=1S/C18H29NO20S/c20-1-2-10(37-18-9(26)5(22)6(23)12(39-18)14(27)28)4(21)3(19-40(32,33)34)17(35-2)38-11-7(24)8(25)16(31)36-13(11)15(29)30/h2-13,16-26,31H,1H2,(H,27,28)(H,29,30)(H,32,33,34)/t2-,3-,4-,5+,6+,7-,8-,9-,10-,11+,12+,13+,16-,17-,18-/m1/s1. The fourth-order valence-corrected chi connectivity index (χ4v) is 4.92. The number of aliphatic hydroxyl groups excluding tert-OH is 8. The molecule has 0 aromatic heterocycles. The van der Waals surface area contributed by atoms with Gasteiger partial charge in [0.05, 0.1) is 6.61 Å². The maximum absolute atomic E-state index is 11.6. The number of hydrogen-bond donors (Lipinski definition) is 12. The van der Waals surface area contributed by atoms with E-state index in [1.165, 1.54) is 4.72 Å². The van der Waals surface area contributed by atoms with Gasteiger partial charge < -0.3 is 74.7 Å². The minimum Gasteiger partial charge on any atom is -0.479 e. The molecule has 0 radical (unpaired) electrons. The highest BCUT2D eigenvalue weighted by atomic mass is 32.2. The maximum atomic E-state index is 11.6. The second-order valence-electron chi connectivity index (χ2n) is 9.04. The van der Waals surface area contributed by atoms with Crippen molar-refractivity contribution < 1.29 is 97.3 Å². The molecule has 12 N–H and O–H groups in total. The average molecular weight is 611 g/mol. The fraction of sp³-hybridized carbons (Fsp3) is 0.889. The van der Waals surface area contributed by atoms with E-state index in [1.807, 2.05) is 0 Å². The zero-order valence-corrected chi connectivity index (χ0v) is 20.7. The van der Waals surface area contributed by atoms with E-state index in [9.17, 15) is 73.6 Å². The Morgan fingerprint density at radius 1 is 0.700 bits per heavy atom. The average Bonchev–Trinajstić information content (AvgIpc) is 2.86. The van der Waals surface area contributed by atoms with Crippen molar-refractivity contribution in [3.8, 4) is 0 Å². The molecule has 0 aliphatic carbocycles. The molecule has 0 unspecified atom stereocenters. The molecule has 0 saturated carbocycles. The molecule has 3 aliphatic heterocycles. The van der Waals surface area contributed by atoms with Crippen LogP contribution in [0.4, 0.5) is 0 Å². The second kappa shape index (κ2) is 12.7. The zero-order valence-electron chi connectivity index (χ0n) is 19.9. The first-order chi connectivity index (χ1) is 18.5. The number of nitrogens with one attached hydrogen (secondary N) is 1. The van der Waals surface area contributed by atoms with Crippen LogP contribution in [0.25, 0.3) is 0 Å². The van der Waals surface area contributed by atoms with Gasteiger partial charge in [-0.05, 0) is 0 Å². The molecule has 21 nitrogen and oxygen atoms in total. The van der Waals surface area contributed by atoms with Gasteiger partial charge in [0, 0.05) is 0 Å². The summed E-state index contributed by atoms with van der Waals surface area (Å²) in [5.74, 6) is -3.62. The zero-order chi connectivity index (χ0) is 30.3. The molecule has 15 atom stereocenters. The summed E-state index contributed by atoms with van der Waals surface area (Å²) in [4.78, 5) is 23.0. The van der Waals surface area contributed by atoms with E-state index < -0.39 is 121 Å². The van der Waals surface area contributed by atoms with Gasteiger partial charge in [0.1, 0.15) is 61.0 Å². The first-order valence-electron chi connectivity index (χ1n) is 11.3. The predicted molar refractivity (Wildman–Crippen MR) is 115 cm³/mol. The number of hydrogen-bond acceptors (Lipinski definition) is 17. The van der Waals surface area contributed by atoms with Gasteiger partial charge >= 0.3 is 22.2 Å². The van der Waals surface area contributed by atoms with E-state index >= 15 is 0 Å². The summed E-state index contributed by atoms with van der Waals surface area (Å²) in [6.07, 6.45) is -29.8. The molecule has 3 heterocycles. The first kappa shape index (κ1) is 32.8. The van der Waals surface area contributed by atoms with Crippen molar-refractivity contribution in [1.82, 2.24) is 4.72 Å². The third-order valence-electron chi connectivity index (χ3n) is 6.34. The van der Waals surface area contributed by atoms with Crippen LogP contribution in [-0.2, 0) is 43.6 Å². The fourth-order valence-electron chi connectivity index (χ4n) is 4.32. The highest BCUT2D eigenvalue weighted by Gasteiger charge is 2.55. The third-order valence-corrected chi connectivity index (χ3v) is 6.91. The van der Waals surface area contributed by atoms with Gasteiger partial charge in [0.25, 0.3) is 0 Å². The van der Waals surface area contributed by atoms with Crippen LogP contribution in [0.1, 0.15) is 0 Å². The van der Waals surface area contributed by atoms with Crippen LogP contribution in [0.3, 0.4) is 0 Å². The Kier molecular flexibility index (Phi) is 10.4. The van der Waals surface area contributed by atoms with Crippen LogP contribution in [0.5, 0.6) is 0 Å². The lowest BCUT2D eigenvalue weighted by Gasteiger charge is -2.48. The minimum atomic E-state index is -5.24. The van der Waals surface area contributed by atoms with E-state index in [-0.39, 0.29) is 0 Å². The summed E-state index contributed by atoms with van der Waals surface area (Å²) in [6.45, 7) is -1.09. The molecular weight excluding hydrogens is 582 g/mol. The molecule has 22 heteroatoms. The molecule has 0 aromatic carbocycles. The number of rotatable bonds is 9. The van der Waals surface area contributed by atoms with Crippen LogP contribution in [0, 0.1) is 0 Å². The van der Waals surface area contributed by atoms with E-state index in [2.05, 4.69) is 4.74 Å².